The molecule has 0 saturated carbocycles. The molecule has 0 amide bonds. The Kier molecular flexibility index (Phi) is 3.51. The first-order valence-electron chi connectivity index (χ1n) is 3.64. The quantitative estimate of drug-likeness (QED) is 0.632. The van der Waals surface area contributed by atoms with Crippen molar-refractivity contribution in [1.29, 1.82) is 0 Å². The summed E-state index contributed by atoms with van der Waals surface area (Å²) in [4.78, 5) is 13.0. The maximum absolute atomic E-state index is 12.4. The van der Waals surface area contributed by atoms with Gasteiger partial charge in [-0.15, -0.1) is 0 Å². The van der Waals surface area contributed by atoms with E-state index in [1.54, 1.807) is 0 Å². The van der Waals surface area contributed by atoms with Gasteiger partial charge in [-0.1, -0.05) is 0 Å². The van der Waals surface area contributed by atoms with Crippen LogP contribution in [0.1, 0.15) is 12.1 Å². The standard InChI is InChI=1S/C7H5BrF2N2O3/c1-15-6-3(12(13)14)2-11-5(4(6)8)7(9)10/h2,7H,1H3. The van der Waals surface area contributed by atoms with E-state index < -0.39 is 22.7 Å². The molecule has 0 unspecified atom stereocenters. The predicted molar refractivity (Wildman–Crippen MR) is 50.1 cm³/mol. The molecule has 0 atom stereocenters. The van der Waals surface area contributed by atoms with Crippen molar-refractivity contribution in [2.45, 2.75) is 6.43 Å². The van der Waals surface area contributed by atoms with Crippen LogP contribution in [0.3, 0.4) is 0 Å². The summed E-state index contributed by atoms with van der Waals surface area (Å²) in [6.45, 7) is 0. The zero-order valence-corrected chi connectivity index (χ0v) is 8.99. The smallest absolute Gasteiger partial charge is 0.330 e. The number of nitro groups is 1. The van der Waals surface area contributed by atoms with Gasteiger partial charge in [0.1, 0.15) is 11.9 Å². The first kappa shape index (κ1) is 11.8. The maximum atomic E-state index is 12.4. The number of aromatic nitrogens is 1. The van der Waals surface area contributed by atoms with Crippen LogP contribution in [0.2, 0.25) is 0 Å². The molecule has 1 aromatic heterocycles. The number of methoxy groups -OCH3 is 1. The van der Waals surface area contributed by atoms with Crippen molar-refractivity contribution >= 4 is 21.6 Å². The van der Waals surface area contributed by atoms with E-state index in [-0.39, 0.29) is 10.2 Å². The average Bonchev–Trinajstić information content (AvgIpc) is 2.16. The lowest BCUT2D eigenvalue weighted by molar-refractivity contribution is -0.386. The Labute approximate surface area is 91.3 Å². The molecule has 0 aliphatic carbocycles. The topological polar surface area (TPSA) is 65.3 Å². The van der Waals surface area contributed by atoms with E-state index in [0.717, 1.165) is 13.3 Å². The van der Waals surface area contributed by atoms with Gasteiger partial charge >= 0.3 is 5.69 Å². The van der Waals surface area contributed by atoms with Crippen LogP contribution in [-0.4, -0.2) is 17.0 Å². The molecule has 82 valence electrons. The summed E-state index contributed by atoms with van der Waals surface area (Å²) in [6, 6.07) is 0. The first-order valence-corrected chi connectivity index (χ1v) is 4.43. The predicted octanol–water partition coefficient (Wildman–Crippen LogP) is 2.70. The Morgan fingerprint density at radius 2 is 2.27 bits per heavy atom. The lowest BCUT2D eigenvalue weighted by atomic mass is 10.3. The van der Waals surface area contributed by atoms with Crippen LogP contribution in [0.15, 0.2) is 10.7 Å². The van der Waals surface area contributed by atoms with Crippen molar-refractivity contribution < 1.29 is 18.4 Å². The molecule has 15 heavy (non-hydrogen) atoms. The highest BCUT2D eigenvalue weighted by atomic mass is 79.9. The summed E-state index contributed by atoms with van der Waals surface area (Å²) in [5.74, 6) is -0.259. The third-order valence-corrected chi connectivity index (χ3v) is 2.36. The van der Waals surface area contributed by atoms with Gasteiger partial charge in [0.15, 0.2) is 0 Å². The number of ether oxygens (including phenoxy) is 1. The largest absolute Gasteiger partial charge is 0.489 e. The van der Waals surface area contributed by atoms with Gasteiger partial charge in [0.25, 0.3) is 6.43 Å². The Morgan fingerprint density at radius 1 is 1.67 bits per heavy atom. The zero-order valence-electron chi connectivity index (χ0n) is 7.41. The van der Waals surface area contributed by atoms with E-state index in [9.17, 15) is 18.9 Å². The van der Waals surface area contributed by atoms with Crippen LogP contribution in [0, 0.1) is 10.1 Å². The Hall–Kier alpha value is -1.31. The van der Waals surface area contributed by atoms with Crippen molar-refractivity contribution in [1.82, 2.24) is 4.98 Å². The van der Waals surface area contributed by atoms with Gasteiger partial charge in [-0.3, -0.25) is 10.1 Å². The van der Waals surface area contributed by atoms with Crippen molar-refractivity contribution in [2.75, 3.05) is 7.11 Å². The van der Waals surface area contributed by atoms with E-state index in [1.807, 2.05) is 0 Å². The second-order valence-electron chi connectivity index (χ2n) is 2.43. The number of hydrogen-bond acceptors (Lipinski definition) is 4. The molecule has 0 N–H and O–H groups in total. The van der Waals surface area contributed by atoms with Gasteiger partial charge in [0.05, 0.1) is 16.5 Å². The van der Waals surface area contributed by atoms with E-state index in [2.05, 4.69) is 25.7 Å². The van der Waals surface area contributed by atoms with Crippen LogP contribution >= 0.6 is 15.9 Å². The van der Waals surface area contributed by atoms with Gasteiger partial charge in [-0.2, -0.15) is 0 Å². The van der Waals surface area contributed by atoms with Crippen molar-refractivity contribution in [3.05, 3.63) is 26.5 Å². The number of pyridine rings is 1. The van der Waals surface area contributed by atoms with Gasteiger partial charge in [-0.25, -0.2) is 13.8 Å². The van der Waals surface area contributed by atoms with Crippen molar-refractivity contribution in [3.63, 3.8) is 0 Å². The molecular formula is C7H5BrF2N2O3. The van der Waals surface area contributed by atoms with Crippen LogP contribution in [0.25, 0.3) is 0 Å². The highest BCUT2D eigenvalue weighted by Gasteiger charge is 2.25. The minimum Gasteiger partial charge on any atom is -0.489 e. The fourth-order valence-electron chi connectivity index (χ4n) is 0.951. The Morgan fingerprint density at radius 3 is 2.67 bits per heavy atom. The average molecular weight is 283 g/mol. The molecule has 1 rings (SSSR count). The first-order chi connectivity index (χ1) is 6.99. The molecule has 1 aromatic rings. The van der Waals surface area contributed by atoms with Gasteiger partial charge in [0, 0.05) is 0 Å². The van der Waals surface area contributed by atoms with Gasteiger partial charge in [0.2, 0.25) is 5.75 Å². The van der Waals surface area contributed by atoms with E-state index in [4.69, 9.17) is 0 Å². The highest BCUT2D eigenvalue weighted by Crippen LogP contribution is 2.38. The minimum absolute atomic E-state index is 0.200. The molecule has 0 fully saturated rings. The lowest BCUT2D eigenvalue weighted by Crippen LogP contribution is -2.00. The molecule has 0 radical (unpaired) electrons. The molecular weight excluding hydrogens is 278 g/mol. The third kappa shape index (κ3) is 2.20. The number of hydrogen-bond donors (Lipinski definition) is 0. The molecule has 0 spiro atoms. The summed E-state index contributed by atoms with van der Waals surface area (Å²) >= 11 is 2.79. The van der Waals surface area contributed by atoms with Crippen LogP contribution in [-0.2, 0) is 0 Å². The Bertz CT molecular complexity index is 400. The second-order valence-corrected chi connectivity index (χ2v) is 3.23. The van der Waals surface area contributed by atoms with E-state index in [0.29, 0.717) is 0 Å². The lowest BCUT2D eigenvalue weighted by Gasteiger charge is -2.07. The molecule has 0 aliphatic heterocycles. The second kappa shape index (κ2) is 4.47. The summed E-state index contributed by atoms with van der Waals surface area (Å²) in [6.07, 6.45) is -2.08. The minimum atomic E-state index is -2.82. The molecule has 0 aliphatic rings. The number of alkyl halides is 2. The number of halogens is 3. The normalized spacial score (nSPS) is 10.5. The Balaban J connectivity index is 3.39. The van der Waals surface area contributed by atoms with Crippen LogP contribution < -0.4 is 4.74 Å². The SMILES string of the molecule is COc1c([N+](=O)[O-])cnc(C(F)F)c1Br. The molecule has 0 saturated heterocycles. The van der Waals surface area contributed by atoms with Crippen LogP contribution in [0.4, 0.5) is 14.5 Å². The van der Waals surface area contributed by atoms with Crippen molar-refractivity contribution in [2.24, 2.45) is 0 Å². The maximum Gasteiger partial charge on any atom is 0.330 e. The number of nitrogens with zero attached hydrogens (tertiary/aromatic N) is 2. The highest BCUT2D eigenvalue weighted by molar-refractivity contribution is 9.10. The summed E-state index contributed by atoms with van der Waals surface area (Å²) in [5, 5.41) is 10.5. The third-order valence-electron chi connectivity index (χ3n) is 1.59. The van der Waals surface area contributed by atoms with E-state index >= 15 is 0 Å². The summed E-state index contributed by atoms with van der Waals surface area (Å²) < 4.78 is 29.2. The summed E-state index contributed by atoms with van der Waals surface area (Å²) in [7, 11) is 1.16. The molecule has 5 nitrogen and oxygen atoms in total. The molecule has 0 aromatic carbocycles. The molecule has 1 heterocycles. The fourth-order valence-corrected chi connectivity index (χ4v) is 1.59. The molecule has 8 heteroatoms. The fraction of sp³-hybridized carbons (Fsp3) is 0.286. The molecule has 0 bridgehead atoms. The van der Waals surface area contributed by atoms with E-state index in [1.165, 1.54) is 0 Å². The van der Waals surface area contributed by atoms with Crippen LogP contribution in [0.5, 0.6) is 5.75 Å². The van der Waals surface area contributed by atoms with Gasteiger partial charge < -0.3 is 4.74 Å². The number of rotatable bonds is 3. The van der Waals surface area contributed by atoms with Crippen molar-refractivity contribution in [3.8, 4) is 5.75 Å². The monoisotopic (exact) mass is 282 g/mol. The zero-order chi connectivity index (χ0) is 11.6. The van der Waals surface area contributed by atoms with Gasteiger partial charge in [-0.05, 0) is 15.9 Å². The summed E-state index contributed by atoms with van der Waals surface area (Å²) in [5.41, 5.74) is -1.05.